The highest BCUT2D eigenvalue weighted by Crippen LogP contribution is 2.33. The second-order valence-electron chi connectivity index (χ2n) is 6.00. The molecule has 1 unspecified atom stereocenters. The summed E-state index contributed by atoms with van der Waals surface area (Å²) in [7, 11) is 0. The van der Waals surface area contributed by atoms with Crippen LogP contribution in [0.1, 0.15) is 36.1 Å². The van der Waals surface area contributed by atoms with Crippen LogP contribution in [0.2, 0.25) is 5.02 Å². The fourth-order valence-corrected chi connectivity index (χ4v) is 3.39. The van der Waals surface area contributed by atoms with Gasteiger partial charge in [0.1, 0.15) is 5.82 Å². The van der Waals surface area contributed by atoms with E-state index in [1.54, 1.807) is 0 Å². The van der Waals surface area contributed by atoms with E-state index in [-0.39, 0.29) is 12.1 Å². The number of carbonyl (C=O) groups is 1. The molecule has 1 aromatic heterocycles. The van der Waals surface area contributed by atoms with Crippen molar-refractivity contribution in [2.45, 2.75) is 38.4 Å². The van der Waals surface area contributed by atoms with E-state index < -0.39 is 0 Å². The van der Waals surface area contributed by atoms with Crippen LogP contribution in [-0.2, 0) is 19.5 Å². The molecule has 1 saturated heterocycles. The first-order chi connectivity index (χ1) is 11.2. The molecule has 0 saturated carbocycles. The van der Waals surface area contributed by atoms with E-state index in [2.05, 4.69) is 20.1 Å². The maximum absolute atomic E-state index is 12.4. The number of amides is 2. The molecule has 2 aliphatic rings. The Hall–Kier alpha value is -2.08. The van der Waals surface area contributed by atoms with E-state index in [0.717, 1.165) is 49.6 Å². The fourth-order valence-electron chi connectivity index (χ4n) is 3.26. The summed E-state index contributed by atoms with van der Waals surface area (Å²) in [5.74, 6) is 1.87. The van der Waals surface area contributed by atoms with Crippen molar-refractivity contribution in [2.75, 3.05) is 6.54 Å². The number of urea groups is 1. The van der Waals surface area contributed by atoms with Crippen molar-refractivity contribution >= 4 is 17.6 Å². The molecular weight excluding hydrogens is 314 g/mol. The molecule has 0 aliphatic carbocycles. The molecule has 1 N–H and O–H groups in total. The van der Waals surface area contributed by atoms with E-state index in [9.17, 15) is 4.79 Å². The van der Waals surface area contributed by atoms with Gasteiger partial charge in [-0.15, -0.1) is 10.2 Å². The molecule has 2 aromatic rings. The highest BCUT2D eigenvalue weighted by molar-refractivity contribution is 6.30. The van der Waals surface area contributed by atoms with Crippen LogP contribution in [0.5, 0.6) is 0 Å². The summed E-state index contributed by atoms with van der Waals surface area (Å²) in [6.07, 6.45) is 3.07. The summed E-state index contributed by atoms with van der Waals surface area (Å²) in [5, 5.41) is 12.0. The average molecular weight is 332 g/mol. The first kappa shape index (κ1) is 14.5. The number of hydrogen-bond acceptors (Lipinski definition) is 3. The van der Waals surface area contributed by atoms with Gasteiger partial charge in [0.2, 0.25) is 0 Å². The van der Waals surface area contributed by atoms with Crippen molar-refractivity contribution in [1.82, 2.24) is 25.0 Å². The second-order valence-corrected chi connectivity index (χ2v) is 6.43. The lowest BCUT2D eigenvalue weighted by Crippen LogP contribution is -2.49. The summed E-state index contributed by atoms with van der Waals surface area (Å²) in [5.41, 5.74) is 1.12. The Morgan fingerprint density at radius 2 is 2.09 bits per heavy atom. The zero-order chi connectivity index (χ0) is 15.8. The van der Waals surface area contributed by atoms with Crippen LogP contribution in [0.15, 0.2) is 24.3 Å². The van der Waals surface area contributed by atoms with Crippen LogP contribution in [0.3, 0.4) is 0 Å². The lowest BCUT2D eigenvalue weighted by molar-refractivity contribution is 0.115. The number of benzene rings is 1. The predicted octanol–water partition coefficient (Wildman–Crippen LogP) is 2.53. The summed E-state index contributed by atoms with van der Waals surface area (Å²) in [6, 6.07) is 7.79. The Balaban J connectivity index is 1.38. The molecule has 4 rings (SSSR count). The summed E-state index contributed by atoms with van der Waals surface area (Å²) in [6.45, 7) is 2.15. The van der Waals surface area contributed by atoms with Crippen LogP contribution in [-0.4, -0.2) is 32.2 Å². The standard InChI is InChI=1S/C16H18ClN5O/c17-12-5-3-11(4-6-12)13-7-9-21(13)16(23)18-10-15-20-19-14-2-1-8-22(14)15/h3-6,13H,1-2,7-10H2,(H,18,23). The molecule has 0 spiro atoms. The van der Waals surface area contributed by atoms with Crippen molar-refractivity contribution in [3.63, 3.8) is 0 Å². The number of aryl methyl sites for hydroxylation is 1. The third kappa shape index (κ3) is 2.67. The molecule has 7 heteroatoms. The molecule has 0 bridgehead atoms. The number of aromatic nitrogens is 3. The minimum Gasteiger partial charge on any atom is -0.331 e. The van der Waals surface area contributed by atoms with Crippen molar-refractivity contribution in [3.8, 4) is 0 Å². The van der Waals surface area contributed by atoms with Gasteiger partial charge in [-0.25, -0.2) is 4.79 Å². The molecule has 3 heterocycles. The largest absolute Gasteiger partial charge is 0.331 e. The Morgan fingerprint density at radius 3 is 2.83 bits per heavy atom. The monoisotopic (exact) mass is 331 g/mol. The molecular formula is C16H18ClN5O. The number of fused-ring (bicyclic) bond motifs is 1. The first-order valence-corrected chi connectivity index (χ1v) is 8.31. The molecule has 0 radical (unpaired) electrons. The Morgan fingerprint density at radius 1 is 1.26 bits per heavy atom. The Kier molecular flexibility index (Phi) is 3.69. The lowest BCUT2D eigenvalue weighted by Gasteiger charge is -2.41. The Bertz CT molecular complexity index is 727. The molecule has 6 nitrogen and oxygen atoms in total. The van der Waals surface area contributed by atoms with Crippen molar-refractivity contribution in [3.05, 3.63) is 46.5 Å². The zero-order valence-electron chi connectivity index (χ0n) is 12.7. The van der Waals surface area contributed by atoms with Crippen LogP contribution >= 0.6 is 11.6 Å². The van der Waals surface area contributed by atoms with Crippen LogP contribution in [0, 0.1) is 0 Å². The molecule has 120 valence electrons. The maximum Gasteiger partial charge on any atom is 0.318 e. The van der Waals surface area contributed by atoms with Gasteiger partial charge in [-0.05, 0) is 30.5 Å². The predicted molar refractivity (Wildman–Crippen MR) is 86.1 cm³/mol. The van der Waals surface area contributed by atoms with Crippen molar-refractivity contribution in [1.29, 1.82) is 0 Å². The first-order valence-electron chi connectivity index (χ1n) is 7.93. The van der Waals surface area contributed by atoms with Crippen LogP contribution in [0.25, 0.3) is 0 Å². The minimum absolute atomic E-state index is 0.0495. The summed E-state index contributed by atoms with van der Waals surface area (Å²) >= 11 is 5.92. The van der Waals surface area contributed by atoms with Gasteiger partial charge in [-0.3, -0.25) is 0 Å². The SMILES string of the molecule is O=C(NCc1nnc2n1CCC2)N1CCC1c1ccc(Cl)cc1. The smallest absolute Gasteiger partial charge is 0.318 e. The number of nitrogens with zero attached hydrogens (tertiary/aromatic N) is 4. The molecule has 2 amide bonds. The summed E-state index contributed by atoms with van der Waals surface area (Å²) in [4.78, 5) is 14.3. The molecule has 1 fully saturated rings. The third-order valence-electron chi connectivity index (χ3n) is 4.62. The van der Waals surface area contributed by atoms with Crippen LogP contribution < -0.4 is 5.32 Å². The van der Waals surface area contributed by atoms with Gasteiger partial charge >= 0.3 is 6.03 Å². The average Bonchev–Trinajstić information content (AvgIpc) is 3.10. The van der Waals surface area contributed by atoms with Gasteiger partial charge in [0.15, 0.2) is 5.82 Å². The minimum atomic E-state index is -0.0495. The fraction of sp³-hybridized carbons (Fsp3) is 0.438. The molecule has 1 aromatic carbocycles. The number of carbonyl (C=O) groups excluding carboxylic acids is 1. The van der Waals surface area contributed by atoms with E-state index in [0.29, 0.717) is 11.6 Å². The third-order valence-corrected chi connectivity index (χ3v) is 4.87. The maximum atomic E-state index is 12.4. The normalized spacial score (nSPS) is 19.3. The van der Waals surface area contributed by atoms with Gasteiger partial charge in [-0.2, -0.15) is 0 Å². The lowest BCUT2D eigenvalue weighted by atomic mass is 9.95. The van der Waals surface area contributed by atoms with Gasteiger partial charge in [0.05, 0.1) is 12.6 Å². The van der Waals surface area contributed by atoms with E-state index in [1.807, 2.05) is 29.2 Å². The number of nitrogens with one attached hydrogen (secondary N) is 1. The molecule has 1 atom stereocenters. The topological polar surface area (TPSA) is 63.1 Å². The molecule has 23 heavy (non-hydrogen) atoms. The van der Waals surface area contributed by atoms with Crippen LogP contribution in [0.4, 0.5) is 4.79 Å². The van der Waals surface area contributed by atoms with Gasteiger partial charge in [-0.1, -0.05) is 23.7 Å². The van der Waals surface area contributed by atoms with Gasteiger partial charge in [0.25, 0.3) is 0 Å². The Labute approximate surface area is 139 Å². The van der Waals surface area contributed by atoms with Gasteiger partial charge < -0.3 is 14.8 Å². The quantitative estimate of drug-likeness (QED) is 0.940. The number of likely N-dealkylation sites (tertiary alicyclic amines) is 1. The molecule has 2 aliphatic heterocycles. The van der Waals surface area contributed by atoms with Crippen molar-refractivity contribution in [2.24, 2.45) is 0 Å². The zero-order valence-corrected chi connectivity index (χ0v) is 13.5. The van der Waals surface area contributed by atoms with E-state index in [1.165, 1.54) is 0 Å². The van der Waals surface area contributed by atoms with Gasteiger partial charge in [0, 0.05) is 24.5 Å². The number of halogens is 1. The van der Waals surface area contributed by atoms with E-state index >= 15 is 0 Å². The summed E-state index contributed by atoms with van der Waals surface area (Å²) < 4.78 is 2.10. The van der Waals surface area contributed by atoms with Crippen molar-refractivity contribution < 1.29 is 4.79 Å². The van der Waals surface area contributed by atoms with E-state index in [4.69, 9.17) is 11.6 Å². The number of rotatable bonds is 3. The highest BCUT2D eigenvalue weighted by atomic mass is 35.5. The number of hydrogen-bond donors (Lipinski definition) is 1. The highest BCUT2D eigenvalue weighted by Gasteiger charge is 2.33. The second kappa shape index (κ2) is 5.85.